The molecule has 2 fully saturated rings. The lowest BCUT2D eigenvalue weighted by Gasteiger charge is -2.45. The van der Waals surface area contributed by atoms with Gasteiger partial charge in [-0.25, -0.2) is 9.88 Å². The smallest absolute Gasteiger partial charge is 0.332 e. The van der Waals surface area contributed by atoms with Gasteiger partial charge in [0.2, 0.25) is 11.9 Å². The van der Waals surface area contributed by atoms with Crippen LogP contribution < -0.4 is 10.4 Å². The van der Waals surface area contributed by atoms with Crippen molar-refractivity contribution in [2.75, 3.05) is 13.7 Å². The Hall–Kier alpha value is -2.50. The van der Waals surface area contributed by atoms with Gasteiger partial charge in [-0.15, -0.1) is 0 Å². The Morgan fingerprint density at radius 2 is 2.19 bits per heavy atom. The molecule has 2 N–H and O–H groups in total. The maximum Gasteiger partial charge on any atom is 0.332 e. The fourth-order valence-electron chi connectivity index (χ4n) is 3.42. The minimum absolute atomic E-state index is 0.0513. The number of carbonyl (C=O) groups is 4. The number of rotatable bonds is 9. The molecule has 3 amide bonds. The number of methoxy groups -OCH3 is 1. The van der Waals surface area contributed by atoms with Gasteiger partial charge < -0.3 is 14.0 Å². The van der Waals surface area contributed by atoms with E-state index < -0.39 is 67.9 Å². The van der Waals surface area contributed by atoms with Gasteiger partial charge in [0.15, 0.2) is 0 Å². The molecule has 0 spiro atoms. The van der Waals surface area contributed by atoms with Crippen LogP contribution in [0.1, 0.15) is 34.1 Å². The molecule has 2 aliphatic heterocycles. The fraction of sp³-hybridized carbons (Fsp3) is 0.765. The van der Waals surface area contributed by atoms with Gasteiger partial charge in [-0.05, 0) is 33.2 Å². The van der Waals surface area contributed by atoms with Crippen molar-refractivity contribution in [1.29, 1.82) is 0 Å². The Morgan fingerprint density at radius 1 is 1.53 bits per heavy atom. The van der Waals surface area contributed by atoms with Crippen LogP contribution >= 0.6 is 7.52 Å². The van der Waals surface area contributed by atoms with Gasteiger partial charge in [-0.3, -0.25) is 29.2 Å². The van der Waals surface area contributed by atoms with Crippen LogP contribution in [-0.2, 0) is 32.9 Å². The summed E-state index contributed by atoms with van der Waals surface area (Å²) in [6.07, 6.45) is -1.71. The van der Waals surface area contributed by atoms with Gasteiger partial charge in [0.25, 0.3) is 0 Å². The predicted octanol–water partition coefficient (Wildman–Crippen LogP) is 1.30. The van der Waals surface area contributed by atoms with E-state index in [0.29, 0.717) is 0 Å². The van der Waals surface area contributed by atoms with Crippen LogP contribution in [0, 0.1) is 5.41 Å². The molecular formula is C17H27N6O8P. The van der Waals surface area contributed by atoms with Crippen LogP contribution in [0.3, 0.4) is 0 Å². The highest BCUT2D eigenvalue weighted by molar-refractivity contribution is 7.72. The second-order valence-corrected chi connectivity index (χ2v) is 9.99. The summed E-state index contributed by atoms with van der Waals surface area (Å²) in [5.41, 5.74) is 7.99. The summed E-state index contributed by atoms with van der Waals surface area (Å²) < 4.78 is 28.3. The number of nitrogens with one attached hydrogen (secondary N) is 2. The first-order chi connectivity index (χ1) is 14.9. The molecule has 2 aliphatic rings. The largest absolute Gasteiger partial charge is 0.468 e. The molecule has 0 bridgehead atoms. The molecule has 0 saturated carbocycles. The van der Waals surface area contributed by atoms with Crippen LogP contribution in [0.2, 0.25) is 0 Å². The fourth-order valence-corrected chi connectivity index (χ4v) is 4.63. The van der Waals surface area contributed by atoms with Crippen LogP contribution in [-0.4, -0.2) is 73.0 Å². The normalized spacial score (nSPS) is 30.0. The van der Waals surface area contributed by atoms with E-state index in [9.17, 15) is 23.7 Å². The zero-order valence-electron chi connectivity index (χ0n) is 18.4. The third-order valence-electron chi connectivity index (χ3n) is 5.71. The van der Waals surface area contributed by atoms with Crippen molar-refractivity contribution in [3.8, 4) is 0 Å². The number of esters is 1. The molecule has 15 heteroatoms. The molecule has 0 aromatic carbocycles. The van der Waals surface area contributed by atoms with E-state index in [4.69, 9.17) is 14.8 Å². The Morgan fingerprint density at radius 3 is 2.75 bits per heavy atom. The summed E-state index contributed by atoms with van der Waals surface area (Å²) in [6.45, 7) is 5.98. The molecule has 2 heterocycles. The van der Waals surface area contributed by atoms with E-state index in [1.54, 1.807) is 20.8 Å². The number of amides is 3. The van der Waals surface area contributed by atoms with E-state index in [0.717, 1.165) is 7.11 Å². The quantitative estimate of drug-likeness (QED) is 0.124. The summed E-state index contributed by atoms with van der Waals surface area (Å²) >= 11 is 0. The van der Waals surface area contributed by atoms with Crippen LogP contribution in [0.25, 0.3) is 10.4 Å². The Labute approximate surface area is 184 Å². The third-order valence-corrected chi connectivity index (χ3v) is 7.27. The lowest BCUT2D eigenvalue weighted by atomic mass is 9.81. The van der Waals surface area contributed by atoms with Gasteiger partial charge in [-0.1, -0.05) is 5.11 Å². The Balaban J connectivity index is 2.15. The zero-order chi connectivity index (χ0) is 24.3. The van der Waals surface area contributed by atoms with Crippen molar-refractivity contribution in [3.63, 3.8) is 0 Å². The van der Waals surface area contributed by atoms with Crippen LogP contribution in [0.4, 0.5) is 4.79 Å². The first-order valence-electron chi connectivity index (χ1n) is 9.79. The van der Waals surface area contributed by atoms with Gasteiger partial charge in [0.05, 0.1) is 31.3 Å². The minimum Gasteiger partial charge on any atom is -0.468 e. The van der Waals surface area contributed by atoms with E-state index in [-0.39, 0.29) is 12.4 Å². The highest BCUT2D eigenvalue weighted by Gasteiger charge is 2.50. The molecule has 0 aromatic heterocycles. The number of hydrogen-bond acceptors (Lipinski definition) is 9. The maximum absolute atomic E-state index is 12.7. The third kappa shape index (κ3) is 5.28. The molecule has 0 radical (unpaired) electrons. The molecular weight excluding hydrogens is 447 g/mol. The highest BCUT2D eigenvalue weighted by atomic mass is 31.2. The molecule has 2 saturated heterocycles. The van der Waals surface area contributed by atoms with E-state index in [1.807, 2.05) is 0 Å². The molecule has 2 rings (SSSR count). The van der Waals surface area contributed by atoms with Crippen molar-refractivity contribution >= 4 is 31.5 Å². The van der Waals surface area contributed by atoms with E-state index >= 15 is 0 Å². The zero-order valence-corrected chi connectivity index (χ0v) is 19.3. The number of carbonyl (C=O) groups excluding carboxylic acids is 4. The number of imide groups is 1. The topological polar surface area (TPSA) is 189 Å². The van der Waals surface area contributed by atoms with Gasteiger partial charge in [-0.2, -0.15) is 0 Å². The summed E-state index contributed by atoms with van der Waals surface area (Å²) in [7, 11) is -2.97. The van der Waals surface area contributed by atoms with E-state index in [2.05, 4.69) is 25.2 Å². The first kappa shape index (κ1) is 25.8. The van der Waals surface area contributed by atoms with Crippen molar-refractivity contribution in [1.82, 2.24) is 15.3 Å². The molecule has 178 valence electrons. The van der Waals surface area contributed by atoms with Crippen molar-refractivity contribution in [2.24, 2.45) is 10.5 Å². The van der Waals surface area contributed by atoms with Crippen molar-refractivity contribution in [2.45, 2.75) is 64.6 Å². The van der Waals surface area contributed by atoms with Crippen LogP contribution in [0.15, 0.2) is 5.11 Å². The molecule has 6 atom stereocenters. The van der Waals surface area contributed by atoms with E-state index in [1.165, 1.54) is 11.8 Å². The van der Waals surface area contributed by atoms with Crippen molar-refractivity contribution < 1.29 is 37.7 Å². The second-order valence-electron chi connectivity index (χ2n) is 8.07. The Bertz CT molecular complexity index is 875. The predicted molar refractivity (Wildman–Crippen MR) is 110 cm³/mol. The maximum atomic E-state index is 12.7. The minimum atomic E-state index is -4.11. The number of azide groups is 1. The standard InChI is InChI=1S/C17H27N6O8P/c1-9(14(25)29-5)21-32(28,8-24)30-7-12-11(20-22-18)6-13(31-12)23-10(2)17(3,4)15(26)19-16(23)27/h8-13H,6-7H2,1-5H3,(H,21,28)(H,19,26,27). The lowest BCUT2D eigenvalue weighted by molar-refractivity contribution is -0.142. The second kappa shape index (κ2) is 9.97. The number of urea groups is 1. The van der Waals surface area contributed by atoms with Crippen molar-refractivity contribution in [3.05, 3.63) is 10.4 Å². The summed E-state index contributed by atoms with van der Waals surface area (Å²) in [5, 5.41) is 8.23. The number of ether oxygens (including phenoxy) is 2. The molecule has 6 unspecified atom stereocenters. The average Bonchev–Trinajstić information content (AvgIpc) is 3.13. The molecule has 0 aliphatic carbocycles. The van der Waals surface area contributed by atoms with Gasteiger partial charge >= 0.3 is 19.5 Å². The lowest BCUT2D eigenvalue weighted by Crippen LogP contribution is -2.65. The first-order valence-corrected chi connectivity index (χ1v) is 11.5. The summed E-state index contributed by atoms with van der Waals surface area (Å²) in [6, 6.07) is -3.03. The van der Waals surface area contributed by atoms with Gasteiger partial charge in [0.1, 0.15) is 12.3 Å². The molecule has 32 heavy (non-hydrogen) atoms. The number of hydrogen-bond donors (Lipinski definition) is 2. The van der Waals surface area contributed by atoms with Crippen LogP contribution in [0.5, 0.6) is 0 Å². The molecule has 14 nitrogen and oxygen atoms in total. The highest BCUT2D eigenvalue weighted by Crippen LogP contribution is 2.41. The monoisotopic (exact) mass is 474 g/mol. The Kier molecular flexibility index (Phi) is 8.02. The molecule has 0 aromatic rings. The summed E-state index contributed by atoms with van der Waals surface area (Å²) in [4.78, 5) is 51.6. The average molecular weight is 474 g/mol. The SMILES string of the molecule is COC(=O)C(C)NP(=O)(C=O)OCC1OC(N2C(=O)NC(=O)C(C)(C)C2C)CC1N=[N+]=[N-]. The number of nitrogens with zero attached hydrogens (tertiary/aromatic N) is 4. The summed E-state index contributed by atoms with van der Waals surface area (Å²) in [5.74, 6) is -1.17. The van der Waals surface area contributed by atoms with Gasteiger partial charge in [0, 0.05) is 17.4 Å².